The average Bonchev–Trinajstić information content (AvgIpc) is 3.00. The number of carbonyl (C=O) groups excluding carboxylic acids is 2. The summed E-state index contributed by atoms with van der Waals surface area (Å²) < 4.78 is 10.3. The van der Waals surface area contributed by atoms with E-state index < -0.39 is 17.6 Å². The number of amides is 1. The third kappa shape index (κ3) is 5.39. The molecule has 1 saturated heterocycles. The Balaban J connectivity index is 2.09. The van der Waals surface area contributed by atoms with Crippen LogP contribution in [0.25, 0.3) is 0 Å². The molecule has 0 aliphatic carbocycles. The van der Waals surface area contributed by atoms with E-state index in [0.29, 0.717) is 21.5 Å². The van der Waals surface area contributed by atoms with Crippen molar-refractivity contribution in [3.05, 3.63) is 69.5 Å². The van der Waals surface area contributed by atoms with Gasteiger partial charge in [0, 0.05) is 5.02 Å². The Morgan fingerprint density at radius 1 is 1.15 bits per heavy atom. The van der Waals surface area contributed by atoms with Crippen LogP contribution < -0.4 is 16.3 Å². The number of methoxy groups -OCH3 is 1. The van der Waals surface area contributed by atoms with Gasteiger partial charge in [-0.3, -0.25) is 9.69 Å². The van der Waals surface area contributed by atoms with Crippen molar-refractivity contribution < 1.29 is 19.1 Å². The summed E-state index contributed by atoms with van der Waals surface area (Å²) in [6, 6.07) is 11.9. The topological polar surface area (TPSA) is 123 Å². The van der Waals surface area contributed by atoms with Crippen LogP contribution in [0.5, 0.6) is 5.75 Å². The molecule has 0 spiro atoms. The summed E-state index contributed by atoms with van der Waals surface area (Å²) in [4.78, 5) is 31.0. The molecule has 11 heteroatoms. The van der Waals surface area contributed by atoms with Crippen LogP contribution in [0.15, 0.2) is 58.9 Å². The third-order valence-electron chi connectivity index (χ3n) is 4.57. The monoisotopic (exact) mass is 491 g/mol. The maximum atomic E-state index is 12.9. The number of aliphatic imine (C=N–C) groups is 1. The first-order valence-corrected chi connectivity index (χ1v) is 10.6. The molecule has 1 aliphatic heterocycles. The fourth-order valence-electron chi connectivity index (χ4n) is 3.08. The lowest BCUT2D eigenvalue weighted by atomic mass is 10.2. The van der Waals surface area contributed by atoms with Gasteiger partial charge in [0.05, 0.1) is 30.5 Å². The highest BCUT2D eigenvalue weighted by molar-refractivity contribution is 6.32. The van der Waals surface area contributed by atoms with E-state index >= 15 is 0 Å². The largest absolute Gasteiger partial charge is 0.489 e. The normalized spacial score (nSPS) is 16.6. The van der Waals surface area contributed by atoms with Crippen LogP contribution in [0.4, 0.5) is 5.69 Å². The van der Waals surface area contributed by atoms with E-state index in [0.717, 1.165) is 17.7 Å². The minimum absolute atomic E-state index is 0.0467. The molecule has 3 rings (SSSR count). The van der Waals surface area contributed by atoms with Crippen LogP contribution >= 0.6 is 23.2 Å². The van der Waals surface area contributed by atoms with Gasteiger partial charge >= 0.3 is 5.97 Å². The second-order valence-electron chi connectivity index (χ2n) is 7.33. The number of hydrogen-bond donors (Lipinski definition) is 2. The minimum Gasteiger partial charge on any atom is -0.489 e. The number of carbonyl (C=O) groups is 2. The molecule has 2 aromatic carbocycles. The van der Waals surface area contributed by atoms with Crippen LogP contribution in [0, 0.1) is 0 Å². The number of ether oxygens (including phenoxy) is 2. The Morgan fingerprint density at radius 2 is 1.82 bits per heavy atom. The highest BCUT2D eigenvalue weighted by atomic mass is 35.5. The molecule has 1 aliphatic rings. The van der Waals surface area contributed by atoms with Crippen molar-refractivity contribution in [3.63, 3.8) is 0 Å². The van der Waals surface area contributed by atoms with Crippen molar-refractivity contribution in [2.75, 3.05) is 7.11 Å². The quantitative estimate of drug-likeness (QED) is 0.274. The molecule has 2 aromatic rings. The number of esters is 1. The van der Waals surface area contributed by atoms with E-state index in [1.165, 1.54) is 4.90 Å². The molecule has 0 atom stereocenters. The van der Waals surface area contributed by atoms with Crippen molar-refractivity contribution in [2.24, 2.45) is 16.6 Å². The molecule has 1 amide bonds. The van der Waals surface area contributed by atoms with Gasteiger partial charge in [-0.2, -0.15) is 0 Å². The highest BCUT2D eigenvalue weighted by Gasteiger charge is 2.41. The van der Waals surface area contributed by atoms with Gasteiger partial charge in [0.15, 0.2) is 0 Å². The van der Waals surface area contributed by atoms with Crippen molar-refractivity contribution in [2.45, 2.75) is 26.5 Å². The van der Waals surface area contributed by atoms with Gasteiger partial charge in [-0.05, 0) is 49.7 Å². The van der Waals surface area contributed by atoms with Gasteiger partial charge in [-0.25, -0.2) is 20.6 Å². The molecule has 1 heterocycles. The van der Waals surface area contributed by atoms with Gasteiger partial charge in [-0.1, -0.05) is 35.3 Å². The Hall–Kier alpha value is -3.27. The van der Waals surface area contributed by atoms with Gasteiger partial charge in [0.1, 0.15) is 17.1 Å². The molecular weight excluding hydrogens is 469 g/mol. The van der Waals surface area contributed by atoms with Crippen LogP contribution in [-0.2, 0) is 20.9 Å². The summed E-state index contributed by atoms with van der Waals surface area (Å²) in [5.41, 5.74) is 6.58. The zero-order valence-electron chi connectivity index (χ0n) is 18.2. The van der Waals surface area contributed by atoms with Crippen LogP contribution in [0.1, 0.15) is 19.4 Å². The molecule has 9 nitrogen and oxygen atoms in total. The molecule has 33 heavy (non-hydrogen) atoms. The second kappa shape index (κ2) is 10.1. The second-order valence-corrected chi connectivity index (χ2v) is 8.18. The molecular formula is C22H23Cl2N5O4. The standard InChI is InChI=1S/C22H23Cl2N5O4/c1-12(2)33-17-9-8-15(10-16(17)24)27-22-28(11-13-4-6-14(23)7-5-13)19(20(30)29(22)26)18(25)21(31)32-3/h4-10,12H,11,25-26H2,1-3H3/b19-18+,27-22-. The molecule has 0 aromatic heterocycles. The average molecular weight is 492 g/mol. The number of rotatable bonds is 6. The number of benzene rings is 2. The first-order valence-electron chi connectivity index (χ1n) is 9.86. The van der Waals surface area contributed by atoms with E-state index in [1.54, 1.807) is 42.5 Å². The fourth-order valence-corrected chi connectivity index (χ4v) is 3.42. The molecule has 0 unspecified atom stereocenters. The molecule has 1 fully saturated rings. The zero-order chi connectivity index (χ0) is 24.3. The lowest BCUT2D eigenvalue weighted by Crippen LogP contribution is -2.39. The van der Waals surface area contributed by atoms with Crippen LogP contribution in [0.2, 0.25) is 10.0 Å². The molecule has 0 radical (unpaired) electrons. The zero-order valence-corrected chi connectivity index (χ0v) is 19.7. The van der Waals surface area contributed by atoms with E-state index in [2.05, 4.69) is 9.73 Å². The van der Waals surface area contributed by atoms with Gasteiger partial charge in [0.2, 0.25) is 5.96 Å². The minimum atomic E-state index is -0.868. The summed E-state index contributed by atoms with van der Waals surface area (Å²) in [5.74, 6) is 5.00. The molecule has 0 bridgehead atoms. The lowest BCUT2D eigenvalue weighted by molar-refractivity contribution is -0.136. The lowest BCUT2D eigenvalue weighted by Gasteiger charge is -2.20. The van der Waals surface area contributed by atoms with Crippen molar-refractivity contribution in [1.29, 1.82) is 0 Å². The summed E-state index contributed by atoms with van der Waals surface area (Å²) in [6.07, 6.45) is -0.0597. The number of nitrogens with zero attached hydrogens (tertiary/aromatic N) is 3. The van der Waals surface area contributed by atoms with Crippen LogP contribution in [-0.4, -0.2) is 41.0 Å². The van der Waals surface area contributed by atoms with Gasteiger partial charge < -0.3 is 15.2 Å². The summed E-state index contributed by atoms with van der Waals surface area (Å²) in [5, 5.41) is 1.70. The van der Waals surface area contributed by atoms with Gasteiger partial charge in [-0.15, -0.1) is 0 Å². The maximum Gasteiger partial charge on any atom is 0.356 e. The molecule has 4 N–H and O–H groups in total. The van der Waals surface area contributed by atoms with E-state index in [1.807, 2.05) is 13.8 Å². The Kier molecular flexibility index (Phi) is 7.47. The van der Waals surface area contributed by atoms with Crippen molar-refractivity contribution in [3.8, 4) is 5.75 Å². The number of hydrogen-bond acceptors (Lipinski definition) is 7. The number of halogens is 2. The fraction of sp³-hybridized carbons (Fsp3) is 0.227. The summed E-state index contributed by atoms with van der Waals surface area (Å²) >= 11 is 12.3. The first-order chi connectivity index (χ1) is 15.6. The predicted molar refractivity (Wildman–Crippen MR) is 126 cm³/mol. The van der Waals surface area contributed by atoms with Gasteiger partial charge in [0.25, 0.3) is 5.91 Å². The Bertz CT molecular complexity index is 1130. The van der Waals surface area contributed by atoms with Crippen molar-refractivity contribution in [1.82, 2.24) is 9.91 Å². The molecule has 0 saturated carbocycles. The number of nitrogens with two attached hydrogens (primary N) is 2. The molecule has 174 valence electrons. The maximum absolute atomic E-state index is 12.9. The summed E-state index contributed by atoms with van der Waals surface area (Å²) in [6.45, 7) is 3.90. The Morgan fingerprint density at radius 3 is 2.39 bits per heavy atom. The predicted octanol–water partition coefficient (Wildman–Crippen LogP) is 3.33. The Labute approximate surface area is 201 Å². The first kappa shape index (κ1) is 24.4. The third-order valence-corrected chi connectivity index (χ3v) is 5.12. The highest BCUT2D eigenvalue weighted by Crippen LogP contribution is 2.32. The van der Waals surface area contributed by atoms with E-state index in [9.17, 15) is 9.59 Å². The SMILES string of the molecule is COC(=O)/C(N)=C1/C(=O)N(N)/C(=N\c2ccc(OC(C)C)c(Cl)c2)N1Cc1ccc(Cl)cc1. The van der Waals surface area contributed by atoms with E-state index in [-0.39, 0.29) is 24.3 Å². The summed E-state index contributed by atoms with van der Waals surface area (Å²) in [7, 11) is 1.16. The number of hydrazine groups is 1. The van der Waals surface area contributed by atoms with Crippen LogP contribution in [0.3, 0.4) is 0 Å². The van der Waals surface area contributed by atoms with E-state index in [4.69, 9.17) is 39.5 Å². The smallest absolute Gasteiger partial charge is 0.356 e. The number of guanidine groups is 1. The van der Waals surface area contributed by atoms with Crippen molar-refractivity contribution >= 4 is 46.7 Å².